The standard InChI is InChI=1S/C14H23NOS2/c1-5-15(6-2)13(17)18-10-12-7-8-14(4,16)11(3)9-12/h7-9,11,16H,5-6,10H2,1-4H3. The maximum Gasteiger partial charge on any atom is 0.136 e. The van der Waals surface area contributed by atoms with E-state index in [2.05, 4.69) is 24.8 Å². The molecule has 1 rings (SSSR count). The minimum atomic E-state index is -0.715. The van der Waals surface area contributed by atoms with Crippen molar-refractivity contribution in [2.24, 2.45) is 5.92 Å². The van der Waals surface area contributed by atoms with E-state index in [0.29, 0.717) is 0 Å². The Morgan fingerprint density at radius 1 is 1.50 bits per heavy atom. The molecule has 0 aliphatic heterocycles. The van der Waals surface area contributed by atoms with Crippen LogP contribution in [0.25, 0.3) is 0 Å². The van der Waals surface area contributed by atoms with Crippen LogP contribution in [0.1, 0.15) is 27.7 Å². The molecular formula is C14H23NOS2. The molecule has 0 heterocycles. The first-order chi connectivity index (χ1) is 8.40. The molecule has 102 valence electrons. The van der Waals surface area contributed by atoms with Gasteiger partial charge in [0.25, 0.3) is 0 Å². The van der Waals surface area contributed by atoms with Gasteiger partial charge in [-0.15, -0.1) is 0 Å². The molecule has 0 saturated carbocycles. The molecule has 0 radical (unpaired) electrons. The molecule has 1 aliphatic rings. The van der Waals surface area contributed by atoms with Crippen molar-refractivity contribution in [1.82, 2.24) is 4.90 Å². The van der Waals surface area contributed by atoms with Crippen LogP contribution in [-0.2, 0) is 0 Å². The zero-order valence-electron chi connectivity index (χ0n) is 11.6. The summed E-state index contributed by atoms with van der Waals surface area (Å²) in [7, 11) is 0. The van der Waals surface area contributed by atoms with Crippen molar-refractivity contribution in [3.05, 3.63) is 23.8 Å². The van der Waals surface area contributed by atoms with Gasteiger partial charge < -0.3 is 10.0 Å². The van der Waals surface area contributed by atoms with E-state index >= 15 is 0 Å². The number of hydrogen-bond donors (Lipinski definition) is 1. The number of nitrogens with zero attached hydrogens (tertiary/aromatic N) is 1. The summed E-state index contributed by atoms with van der Waals surface area (Å²) >= 11 is 7.10. The molecule has 0 fully saturated rings. The molecule has 0 bridgehead atoms. The number of allylic oxidation sites excluding steroid dienone is 1. The molecule has 18 heavy (non-hydrogen) atoms. The van der Waals surface area contributed by atoms with Gasteiger partial charge in [0, 0.05) is 24.8 Å². The van der Waals surface area contributed by atoms with Gasteiger partial charge in [-0.2, -0.15) is 0 Å². The second kappa shape index (κ2) is 6.73. The fraction of sp³-hybridized carbons (Fsp3) is 0.643. The van der Waals surface area contributed by atoms with Crippen LogP contribution in [0.2, 0.25) is 0 Å². The van der Waals surface area contributed by atoms with Gasteiger partial charge in [-0.05, 0) is 26.3 Å². The molecule has 1 N–H and O–H groups in total. The van der Waals surface area contributed by atoms with Crippen LogP contribution in [0.3, 0.4) is 0 Å². The fourth-order valence-corrected chi connectivity index (χ4v) is 3.15. The number of rotatable bonds is 4. The molecule has 0 aromatic heterocycles. The summed E-state index contributed by atoms with van der Waals surface area (Å²) in [5.41, 5.74) is 0.529. The summed E-state index contributed by atoms with van der Waals surface area (Å²) in [5, 5.41) is 10.0. The second-order valence-corrected chi connectivity index (χ2v) is 6.43. The van der Waals surface area contributed by atoms with E-state index in [4.69, 9.17) is 12.2 Å². The lowest BCUT2D eigenvalue weighted by Gasteiger charge is -2.29. The van der Waals surface area contributed by atoms with Gasteiger partial charge in [0.05, 0.1) is 5.60 Å². The minimum absolute atomic E-state index is 0.153. The van der Waals surface area contributed by atoms with Gasteiger partial charge in [-0.3, -0.25) is 0 Å². The van der Waals surface area contributed by atoms with Crippen molar-refractivity contribution in [2.45, 2.75) is 33.3 Å². The van der Waals surface area contributed by atoms with Gasteiger partial charge in [-0.1, -0.05) is 49.1 Å². The first-order valence-corrected chi connectivity index (χ1v) is 7.84. The monoisotopic (exact) mass is 285 g/mol. The lowest BCUT2D eigenvalue weighted by atomic mass is 9.85. The highest BCUT2D eigenvalue weighted by atomic mass is 32.2. The second-order valence-electron chi connectivity index (χ2n) is 4.82. The predicted molar refractivity (Wildman–Crippen MR) is 85.0 cm³/mol. The smallest absolute Gasteiger partial charge is 0.136 e. The largest absolute Gasteiger partial charge is 0.385 e. The maximum absolute atomic E-state index is 10.0. The maximum atomic E-state index is 10.0. The van der Waals surface area contributed by atoms with E-state index in [0.717, 1.165) is 23.2 Å². The number of thioether (sulfide) groups is 1. The SMILES string of the molecule is CCN(CC)C(=S)SCC1=CC(C)C(C)(O)C=C1. The third kappa shape index (κ3) is 4.11. The third-order valence-electron chi connectivity index (χ3n) is 3.40. The zero-order chi connectivity index (χ0) is 13.8. The average molecular weight is 285 g/mol. The van der Waals surface area contributed by atoms with Gasteiger partial charge in [0.2, 0.25) is 0 Å². The Bertz CT molecular complexity index is 357. The molecule has 2 nitrogen and oxygen atoms in total. The Morgan fingerprint density at radius 2 is 2.11 bits per heavy atom. The number of hydrogen-bond acceptors (Lipinski definition) is 3. The molecule has 0 spiro atoms. The van der Waals surface area contributed by atoms with Crippen molar-refractivity contribution in [1.29, 1.82) is 0 Å². The summed E-state index contributed by atoms with van der Waals surface area (Å²) in [6, 6.07) is 0. The van der Waals surface area contributed by atoms with Crippen LogP contribution in [-0.4, -0.2) is 38.8 Å². The molecule has 0 saturated heterocycles. The fourth-order valence-electron chi connectivity index (χ4n) is 1.79. The Balaban J connectivity index is 2.51. The lowest BCUT2D eigenvalue weighted by molar-refractivity contribution is 0.0725. The Morgan fingerprint density at radius 3 is 2.61 bits per heavy atom. The van der Waals surface area contributed by atoms with Crippen molar-refractivity contribution in [2.75, 3.05) is 18.8 Å². The molecule has 2 unspecified atom stereocenters. The Labute approximate surface area is 120 Å². The number of thiocarbonyl (C=S) groups is 1. The van der Waals surface area contributed by atoms with Crippen LogP contribution in [0.5, 0.6) is 0 Å². The van der Waals surface area contributed by atoms with Gasteiger partial charge in [0.1, 0.15) is 4.32 Å². The van der Waals surface area contributed by atoms with Crippen molar-refractivity contribution < 1.29 is 5.11 Å². The first-order valence-electron chi connectivity index (χ1n) is 6.44. The van der Waals surface area contributed by atoms with E-state index in [1.54, 1.807) is 11.8 Å². The summed E-state index contributed by atoms with van der Waals surface area (Å²) in [6.07, 6.45) is 6.03. The molecule has 0 aromatic carbocycles. The molecular weight excluding hydrogens is 262 g/mol. The Kier molecular flexibility index (Phi) is 5.89. The first kappa shape index (κ1) is 15.7. The highest BCUT2D eigenvalue weighted by molar-refractivity contribution is 8.23. The molecule has 0 aromatic rings. The zero-order valence-corrected chi connectivity index (χ0v) is 13.3. The summed E-state index contributed by atoms with van der Waals surface area (Å²) in [6.45, 7) is 10.0. The van der Waals surface area contributed by atoms with Crippen molar-refractivity contribution >= 4 is 28.3 Å². The van der Waals surface area contributed by atoms with Crippen LogP contribution in [0.15, 0.2) is 23.8 Å². The third-order valence-corrected chi connectivity index (χ3v) is 5.00. The van der Waals surface area contributed by atoms with Gasteiger partial charge in [-0.25, -0.2) is 0 Å². The quantitative estimate of drug-likeness (QED) is 0.801. The van der Waals surface area contributed by atoms with Crippen molar-refractivity contribution in [3.8, 4) is 0 Å². The summed E-state index contributed by atoms with van der Waals surface area (Å²) < 4.78 is 0.958. The van der Waals surface area contributed by atoms with E-state index in [-0.39, 0.29) is 5.92 Å². The topological polar surface area (TPSA) is 23.5 Å². The predicted octanol–water partition coefficient (Wildman–Crippen LogP) is 3.23. The van der Waals surface area contributed by atoms with Crippen LogP contribution < -0.4 is 0 Å². The highest BCUT2D eigenvalue weighted by Crippen LogP contribution is 2.28. The minimum Gasteiger partial charge on any atom is -0.385 e. The lowest BCUT2D eigenvalue weighted by Crippen LogP contribution is -2.31. The van der Waals surface area contributed by atoms with Crippen LogP contribution in [0.4, 0.5) is 0 Å². The van der Waals surface area contributed by atoms with Crippen molar-refractivity contribution in [3.63, 3.8) is 0 Å². The van der Waals surface area contributed by atoms with Gasteiger partial charge in [0.15, 0.2) is 0 Å². The van der Waals surface area contributed by atoms with E-state index in [9.17, 15) is 5.11 Å². The van der Waals surface area contributed by atoms with Crippen LogP contribution in [0, 0.1) is 5.92 Å². The summed E-state index contributed by atoms with van der Waals surface area (Å²) in [5.74, 6) is 1.03. The van der Waals surface area contributed by atoms with Gasteiger partial charge >= 0.3 is 0 Å². The van der Waals surface area contributed by atoms with E-state index in [1.165, 1.54) is 5.57 Å². The average Bonchev–Trinajstić information content (AvgIpc) is 2.32. The molecule has 2 atom stereocenters. The molecule has 4 heteroatoms. The van der Waals surface area contributed by atoms with E-state index < -0.39 is 5.60 Å². The summed E-state index contributed by atoms with van der Waals surface area (Å²) in [4.78, 5) is 2.19. The Hall–Kier alpha value is -0.320. The normalized spacial score (nSPS) is 26.9. The molecule has 0 amide bonds. The van der Waals surface area contributed by atoms with Crippen LogP contribution >= 0.6 is 24.0 Å². The highest BCUT2D eigenvalue weighted by Gasteiger charge is 2.26. The number of aliphatic hydroxyl groups is 1. The van der Waals surface area contributed by atoms with E-state index in [1.807, 2.05) is 26.0 Å². The molecule has 1 aliphatic carbocycles.